The van der Waals surface area contributed by atoms with Crippen LogP contribution in [0, 0.1) is 0 Å². The monoisotopic (exact) mass is 437 g/mol. The third-order valence-electron chi connectivity index (χ3n) is 5.38. The van der Waals surface area contributed by atoms with Crippen LogP contribution in [0.3, 0.4) is 0 Å². The molecule has 4 rings (SSSR count). The number of thioether (sulfide) groups is 1. The number of carbonyl (C=O) groups excluding carboxylic acids is 2. The molecule has 2 aromatic rings. The van der Waals surface area contributed by atoms with Gasteiger partial charge < -0.3 is 20.1 Å². The van der Waals surface area contributed by atoms with Crippen LogP contribution in [0.4, 0.5) is 0 Å². The van der Waals surface area contributed by atoms with Crippen LogP contribution in [0.5, 0.6) is 5.75 Å². The van der Waals surface area contributed by atoms with Crippen LogP contribution in [-0.2, 0) is 9.59 Å². The van der Waals surface area contributed by atoms with Gasteiger partial charge in [0.2, 0.25) is 5.91 Å². The van der Waals surface area contributed by atoms with E-state index in [0.29, 0.717) is 17.9 Å². The average Bonchev–Trinajstić information content (AvgIpc) is 2.94. The summed E-state index contributed by atoms with van der Waals surface area (Å²) in [6.07, 6.45) is 0. The Balaban J connectivity index is 0.00000256. The second-order valence-corrected chi connectivity index (χ2v) is 9.41. The number of aliphatic carboxylic acids is 1. The summed E-state index contributed by atoms with van der Waals surface area (Å²) in [6, 6.07) is 9.46. The molecule has 153 valence electrons. The first-order chi connectivity index (χ1) is 13.8. The molecule has 7 nitrogen and oxygen atoms in total. The van der Waals surface area contributed by atoms with Crippen molar-refractivity contribution in [3.05, 3.63) is 42.0 Å². The minimum absolute atomic E-state index is 0. The molecule has 0 unspecified atom stereocenters. The van der Waals surface area contributed by atoms with Gasteiger partial charge in [-0.2, -0.15) is 0 Å². The molecule has 0 aliphatic carbocycles. The molecule has 2 fully saturated rings. The van der Waals surface area contributed by atoms with Gasteiger partial charge in [-0.25, -0.2) is 4.79 Å². The standard InChI is InChI=1S/C21H22N2O5S.Na/c1-4-28-13-10-9-11-7-5-6-8-12(11)14(13)17(24)22-15-18(25)23-16(20(26)27)21(2,3)29-19(15)23;/h5-10,15-16,19H,4H2,1-3H3,(H,22,24)(H,26,27);/t15-,16+,19-;/m1./s1. The molecular weight excluding hydrogens is 415 g/mol. The first-order valence-electron chi connectivity index (χ1n) is 9.44. The van der Waals surface area contributed by atoms with E-state index in [-0.39, 0.29) is 35.5 Å². The van der Waals surface area contributed by atoms with Gasteiger partial charge in [-0.1, -0.05) is 30.3 Å². The molecule has 2 amide bonds. The molecule has 1 radical (unpaired) electrons. The number of β-lactam (4-membered cyclic amide) rings is 1. The fraction of sp³-hybridized carbons (Fsp3) is 0.381. The van der Waals surface area contributed by atoms with Gasteiger partial charge in [0.1, 0.15) is 23.2 Å². The number of rotatable bonds is 5. The number of carboxylic acid groups (broad SMARTS) is 1. The Morgan fingerprint density at radius 1 is 1.23 bits per heavy atom. The van der Waals surface area contributed by atoms with Crippen molar-refractivity contribution in [1.29, 1.82) is 0 Å². The van der Waals surface area contributed by atoms with Crippen molar-refractivity contribution in [1.82, 2.24) is 10.2 Å². The maximum absolute atomic E-state index is 13.2. The number of amides is 2. The van der Waals surface area contributed by atoms with Gasteiger partial charge in [0.05, 0.1) is 12.2 Å². The molecule has 0 spiro atoms. The van der Waals surface area contributed by atoms with E-state index in [1.807, 2.05) is 37.3 Å². The van der Waals surface area contributed by atoms with E-state index in [2.05, 4.69) is 5.32 Å². The Labute approximate surface area is 200 Å². The van der Waals surface area contributed by atoms with E-state index in [0.717, 1.165) is 10.8 Å². The fourth-order valence-corrected chi connectivity index (χ4v) is 5.75. The van der Waals surface area contributed by atoms with Crippen LogP contribution in [0.15, 0.2) is 36.4 Å². The summed E-state index contributed by atoms with van der Waals surface area (Å²) >= 11 is 1.40. The Hall–Kier alpha value is -1.74. The SMILES string of the molecule is CCOc1ccc2ccccc2c1C(=O)N[C@@H]1C(=O)N2[C@@H]1SC(C)(C)[C@@H]2C(=O)O.[Na]. The fourth-order valence-electron chi connectivity index (χ4n) is 4.12. The van der Waals surface area contributed by atoms with Crippen molar-refractivity contribution >= 4 is 69.9 Å². The molecular formula is C21H22N2NaO5S. The van der Waals surface area contributed by atoms with Gasteiger partial charge in [0, 0.05) is 34.3 Å². The smallest absolute Gasteiger partial charge is 0.327 e. The van der Waals surface area contributed by atoms with Crippen molar-refractivity contribution < 1.29 is 24.2 Å². The van der Waals surface area contributed by atoms with E-state index >= 15 is 0 Å². The average molecular weight is 437 g/mol. The summed E-state index contributed by atoms with van der Waals surface area (Å²) in [5, 5.41) is 13.6. The molecule has 2 saturated heterocycles. The Morgan fingerprint density at radius 2 is 1.93 bits per heavy atom. The summed E-state index contributed by atoms with van der Waals surface area (Å²) in [5.74, 6) is -1.35. The summed E-state index contributed by atoms with van der Waals surface area (Å²) < 4.78 is 5.02. The molecule has 9 heteroatoms. The van der Waals surface area contributed by atoms with E-state index in [4.69, 9.17) is 4.74 Å². The molecule has 30 heavy (non-hydrogen) atoms. The van der Waals surface area contributed by atoms with Crippen LogP contribution in [0.2, 0.25) is 0 Å². The summed E-state index contributed by atoms with van der Waals surface area (Å²) in [4.78, 5) is 38.9. The zero-order valence-corrected chi connectivity index (χ0v) is 20.2. The maximum atomic E-state index is 13.2. The number of nitrogens with zero attached hydrogens (tertiary/aromatic N) is 1. The van der Waals surface area contributed by atoms with Crippen molar-refractivity contribution in [2.75, 3.05) is 6.61 Å². The second-order valence-electron chi connectivity index (χ2n) is 7.64. The molecule has 2 N–H and O–H groups in total. The van der Waals surface area contributed by atoms with Gasteiger partial charge in [0.15, 0.2) is 0 Å². The van der Waals surface area contributed by atoms with Gasteiger partial charge >= 0.3 is 5.97 Å². The number of hydrogen-bond acceptors (Lipinski definition) is 5. The van der Waals surface area contributed by atoms with Crippen molar-refractivity contribution in [2.24, 2.45) is 0 Å². The van der Waals surface area contributed by atoms with Crippen molar-refractivity contribution in [3.8, 4) is 5.75 Å². The van der Waals surface area contributed by atoms with E-state index in [1.165, 1.54) is 16.7 Å². The Kier molecular flexibility index (Phi) is 6.43. The van der Waals surface area contributed by atoms with Gasteiger partial charge in [-0.3, -0.25) is 9.59 Å². The van der Waals surface area contributed by atoms with Crippen LogP contribution in [0.1, 0.15) is 31.1 Å². The molecule has 0 aromatic heterocycles. The largest absolute Gasteiger partial charge is 0.493 e. The zero-order chi connectivity index (χ0) is 20.9. The Morgan fingerprint density at radius 3 is 2.60 bits per heavy atom. The maximum Gasteiger partial charge on any atom is 0.327 e. The van der Waals surface area contributed by atoms with Crippen LogP contribution in [-0.4, -0.2) is 86.2 Å². The van der Waals surface area contributed by atoms with Crippen molar-refractivity contribution in [3.63, 3.8) is 0 Å². The molecule has 2 aliphatic heterocycles. The number of carbonyl (C=O) groups is 3. The third-order valence-corrected chi connectivity index (χ3v) is 6.95. The first-order valence-corrected chi connectivity index (χ1v) is 10.3. The second kappa shape index (κ2) is 8.42. The van der Waals surface area contributed by atoms with Crippen LogP contribution < -0.4 is 10.1 Å². The first kappa shape index (κ1) is 22.9. The van der Waals surface area contributed by atoms with E-state index in [9.17, 15) is 19.5 Å². The number of carboxylic acids is 1. The summed E-state index contributed by atoms with van der Waals surface area (Å²) in [7, 11) is 0. The van der Waals surface area contributed by atoms with Gasteiger partial charge in [-0.15, -0.1) is 11.8 Å². The molecule has 2 aromatic carbocycles. The van der Waals surface area contributed by atoms with Gasteiger partial charge in [0.25, 0.3) is 5.91 Å². The van der Waals surface area contributed by atoms with Gasteiger partial charge in [-0.05, 0) is 37.6 Å². The van der Waals surface area contributed by atoms with Crippen LogP contribution in [0.25, 0.3) is 10.8 Å². The topological polar surface area (TPSA) is 95.9 Å². The number of hydrogen-bond donors (Lipinski definition) is 2. The molecule has 0 bridgehead atoms. The zero-order valence-electron chi connectivity index (χ0n) is 17.3. The van der Waals surface area contributed by atoms with E-state index in [1.54, 1.807) is 19.9 Å². The normalized spacial score (nSPS) is 23.9. The predicted molar refractivity (Wildman–Crippen MR) is 116 cm³/mol. The molecule has 0 saturated carbocycles. The number of fused-ring (bicyclic) bond motifs is 2. The number of nitrogens with one attached hydrogen (secondary N) is 1. The Bertz CT molecular complexity index is 1030. The molecule has 2 heterocycles. The predicted octanol–water partition coefficient (Wildman–Crippen LogP) is 2.10. The van der Waals surface area contributed by atoms with Crippen molar-refractivity contribution in [2.45, 2.75) is 43.0 Å². The molecule has 3 atom stereocenters. The molecule has 2 aliphatic rings. The summed E-state index contributed by atoms with van der Waals surface area (Å²) in [5.41, 5.74) is 0.383. The number of ether oxygens (including phenoxy) is 1. The number of benzene rings is 2. The summed E-state index contributed by atoms with van der Waals surface area (Å²) in [6.45, 7) is 5.85. The van der Waals surface area contributed by atoms with Crippen LogP contribution >= 0.6 is 11.8 Å². The third kappa shape index (κ3) is 3.60. The minimum atomic E-state index is -1.03. The quantitative estimate of drug-likeness (QED) is 0.550. The minimum Gasteiger partial charge on any atom is -0.493 e. The van der Waals surface area contributed by atoms with E-state index < -0.39 is 34.1 Å².